The van der Waals surface area contributed by atoms with Gasteiger partial charge >= 0.3 is 0 Å². The highest BCUT2D eigenvalue weighted by Gasteiger charge is 2.20. The molecule has 5 heteroatoms. The quantitative estimate of drug-likeness (QED) is 0.545. The van der Waals surface area contributed by atoms with Gasteiger partial charge in [0.05, 0.1) is 6.04 Å². The summed E-state index contributed by atoms with van der Waals surface area (Å²) in [4.78, 5) is 7.72. The number of aryl methyl sites for hydroxylation is 1. The van der Waals surface area contributed by atoms with Gasteiger partial charge in [-0.3, -0.25) is 0 Å². The molecule has 0 amide bonds. The molecule has 2 heterocycles. The molecule has 4 aromatic rings. The Hall–Kier alpha value is -2.92. The Labute approximate surface area is 152 Å². The van der Waals surface area contributed by atoms with Crippen molar-refractivity contribution in [2.75, 3.05) is 6.54 Å². The number of nitrogens with zero attached hydrogens (tertiary/aromatic N) is 2. The molecule has 0 unspecified atom stereocenters. The maximum absolute atomic E-state index is 5.30. The van der Waals surface area contributed by atoms with Crippen LogP contribution >= 0.6 is 0 Å². The molecule has 0 bridgehead atoms. The molecule has 26 heavy (non-hydrogen) atoms. The van der Waals surface area contributed by atoms with Gasteiger partial charge < -0.3 is 14.8 Å². The molecule has 2 N–H and O–H groups in total. The third-order valence-electron chi connectivity index (χ3n) is 4.74. The molecular weight excluding hydrogens is 324 g/mol. The molecule has 0 radical (unpaired) electrons. The summed E-state index contributed by atoms with van der Waals surface area (Å²) in [7, 11) is 0. The molecule has 2 atom stereocenters. The van der Waals surface area contributed by atoms with E-state index >= 15 is 0 Å². The summed E-state index contributed by atoms with van der Waals surface area (Å²) in [5, 5.41) is 8.69. The van der Waals surface area contributed by atoms with Crippen LogP contribution in [-0.2, 0) is 0 Å². The number of aromatic amines is 1. The zero-order chi connectivity index (χ0) is 17.9. The second-order valence-corrected chi connectivity index (χ2v) is 6.56. The first-order valence-electron chi connectivity index (χ1n) is 8.87. The number of fused-ring (bicyclic) bond motifs is 1. The Morgan fingerprint density at radius 2 is 1.85 bits per heavy atom. The highest BCUT2D eigenvalue weighted by molar-refractivity contribution is 5.84. The molecule has 0 aliphatic heterocycles. The minimum absolute atomic E-state index is 0.00683. The normalized spacial score (nSPS) is 13.8. The van der Waals surface area contributed by atoms with Crippen LogP contribution in [0.5, 0.6) is 0 Å². The number of rotatable bonds is 6. The van der Waals surface area contributed by atoms with Crippen molar-refractivity contribution in [2.45, 2.75) is 25.8 Å². The second kappa shape index (κ2) is 7.14. The van der Waals surface area contributed by atoms with Crippen molar-refractivity contribution in [3.63, 3.8) is 0 Å². The van der Waals surface area contributed by atoms with Gasteiger partial charge in [-0.2, -0.15) is 4.98 Å². The summed E-state index contributed by atoms with van der Waals surface area (Å²) in [5.41, 5.74) is 3.72. The minimum atomic E-state index is -0.00683. The molecule has 0 saturated carbocycles. The van der Waals surface area contributed by atoms with Gasteiger partial charge in [0.25, 0.3) is 0 Å². The van der Waals surface area contributed by atoms with Crippen molar-refractivity contribution in [1.29, 1.82) is 0 Å². The first kappa shape index (κ1) is 16.5. The third-order valence-corrected chi connectivity index (χ3v) is 4.74. The average Bonchev–Trinajstić information content (AvgIpc) is 3.29. The Kier molecular flexibility index (Phi) is 4.54. The minimum Gasteiger partial charge on any atom is -0.361 e. The van der Waals surface area contributed by atoms with Crippen LogP contribution in [0, 0.1) is 6.92 Å². The summed E-state index contributed by atoms with van der Waals surface area (Å²) >= 11 is 0. The van der Waals surface area contributed by atoms with Crippen LogP contribution in [-0.4, -0.2) is 21.7 Å². The van der Waals surface area contributed by atoms with Gasteiger partial charge in [-0.05, 0) is 31.0 Å². The number of nitrogens with one attached hydrogen (secondary N) is 2. The van der Waals surface area contributed by atoms with Gasteiger partial charge in [0.1, 0.15) is 0 Å². The Bertz CT molecular complexity index is 989. The van der Waals surface area contributed by atoms with E-state index in [1.807, 2.05) is 19.9 Å². The zero-order valence-electron chi connectivity index (χ0n) is 14.9. The van der Waals surface area contributed by atoms with E-state index in [2.05, 4.69) is 75.2 Å². The Morgan fingerprint density at radius 3 is 2.62 bits per heavy atom. The smallest absolute Gasteiger partial charge is 0.243 e. The van der Waals surface area contributed by atoms with Crippen LogP contribution in [0.15, 0.2) is 65.3 Å². The lowest BCUT2D eigenvalue weighted by Crippen LogP contribution is -2.25. The highest BCUT2D eigenvalue weighted by atomic mass is 16.5. The van der Waals surface area contributed by atoms with E-state index < -0.39 is 0 Å². The Balaban J connectivity index is 1.63. The summed E-state index contributed by atoms with van der Waals surface area (Å²) in [5.74, 6) is 1.50. The number of hydrogen-bond donors (Lipinski definition) is 2. The first-order chi connectivity index (χ1) is 12.7. The maximum Gasteiger partial charge on any atom is 0.243 e. The van der Waals surface area contributed by atoms with Crippen LogP contribution in [0.3, 0.4) is 0 Å². The monoisotopic (exact) mass is 346 g/mol. The van der Waals surface area contributed by atoms with E-state index in [0.29, 0.717) is 11.7 Å². The standard InChI is InChI=1S/C21H22N4O/c1-14(21-24-15(2)25-26-21)22-12-18(16-8-4-3-5-9-16)19-13-23-20-11-7-6-10-17(19)20/h3-11,13-14,18,22-23H,12H2,1-2H3/t14-,18-/m1/s1. The molecule has 132 valence electrons. The molecule has 2 aromatic carbocycles. The molecule has 0 aliphatic carbocycles. The molecule has 4 rings (SSSR count). The van der Waals surface area contributed by atoms with Crippen LogP contribution < -0.4 is 5.32 Å². The summed E-state index contributed by atoms with van der Waals surface area (Å²) in [6.45, 7) is 4.65. The van der Waals surface area contributed by atoms with Crippen molar-refractivity contribution in [2.24, 2.45) is 0 Å². The first-order valence-corrected chi connectivity index (χ1v) is 8.87. The SMILES string of the molecule is Cc1noc([C@@H](C)NC[C@H](c2ccccc2)c2c[nH]c3ccccc23)n1. The summed E-state index contributed by atoms with van der Waals surface area (Å²) < 4.78 is 5.30. The lowest BCUT2D eigenvalue weighted by atomic mass is 9.90. The molecule has 0 saturated heterocycles. The van der Waals surface area contributed by atoms with E-state index in [4.69, 9.17) is 4.52 Å². The third kappa shape index (κ3) is 3.26. The predicted molar refractivity (Wildman–Crippen MR) is 102 cm³/mol. The van der Waals surface area contributed by atoms with Crippen LogP contribution in [0.4, 0.5) is 0 Å². The van der Waals surface area contributed by atoms with Crippen molar-refractivity contribution >= 4 is 10.9 Å². The van der Waals surface area contributed by atoms with E-state index in [-0.39, 0.29) is 12.0 Å². The molecule has 0 spiro atoms. The molecule has 0 fully saturated rings. The van der Waals surface area contributed by atoms with Gasteiger partial charge in [0.15, 0.2) is 5.82 Å². The van der Waals surface area contributed by atoms with Gasteiger partial charge in [-0.25, -0.2) is 0 Å². The largest absolute Gasteiger partial charge is 0.361 e. The number of benzene rings is 2. The Morgan fingerprint density at radius 1 is 1.08 bits per heavy atom. The molecule has 5 nitrogen and oxygen atoms in total. The summed E-state index contributed by atoms with van der Waals surface area (Å²) in [6.07, 6.45) is 2.12. The predicted octanol–water partition coefficient (Wildman–Crippen LogP) is 4.34. The fourth-order valence-electron chi connectivity index (χ4n) is 3.35. The van der Waals surface area contributed by atoms with Crippen molar-refractivity contribution in [3.05, 3.63) is 83.6 Å². The highest BCUT2D eigenvalue weighted by Crippen LogP contribution is 2.31. The lowest BCUT2D eigenvalue weighted by molar-refractivity contribution is 0.336. The van der Waals surface area contributed by atoms with E-state index in [9.17, 15) is 0 Å². The maximum atomic E-state index is 5.30. The summed E-state index contributed by atoms with van der Waals surface area (Å²) in [6, 6.07) is 19.0. The second-order valence-electron chi connectivity index (χ2n) is 6.56. The van der Waals surface area contributed by atoms with E-state index in [1.54, 1.807) is 0 Å². The molecule has 2 aromatic heterocycles. The van der Waals surface area contributed by atoms with E-state index in [0.717, 1.165) is 12.1 Å². The number of aromatic nitrogens is 3. The number of H-pyrrole nitrogens is 1. The fraction of sp³-hybridized carbons (Fsp3) is 0.238. The van der Waals surface area contributed by atoms with Crippen molar-refractivity contribution in [1.82, 2.24) is 20.4 Å². The molecular formula is C21H22N4O. The lowest BCUT2D eigenvalue weighted by Gasteiger charge is -2.20. The topological polar surface area (TPSA) is 66.7 Å². The van der Waals surface area contributed by atoms with Crippen LogP contribution in [0.25, 0.3) is 10.9 Å². The van der Waals surface area contributed by atoms with Crippen molar-refractivity contribution < 1.29 is 4.52 Å². The van der Waals surface area contributed by atoms with E-state index in [1.165, 1.54) is 16.5 Å². The zero-order valence-corrected chi connectivity index (χ0v) is 14.9. The van der Waals surface area contributed by atoms with Gasteiger partial charge in [-0.15, -0.1) is 0 Å². The van der Waals surface area contributed by atoms with Crippen molar-refractivity contribution in [3.8, 4) is 0 Å². The average molecular weight is 346 g/mol. The number of hydrogen-bond acceptors (Lipinski definition) is 4. The number of para-hydroxylation sites is 1. The van der Waals surface area contributed by atoms with Crippen LogP contribution in [0.2, 0.25) is 0 Å². The van der Waals surface area contributed by atoms with Crippen LogP contribution in [0.1, 0.15) is 41.7 Å². The fourth-order valence-corrected chi connectivity index (χ4v) is 3.35. The van der Waals surface area contributed by atoms with Gasteiger partial charge in [0.2, 0.25) is 5.89 Å². The molecule has 0 aliphatic rings. The van der Waals surface area contributed by atoms with Gasteiger partial charge in [-0.1, -0.05) is 53.7 Å². The van der Waals surface area contributed by atoms with Gasteiger partial charge in [0, 0.05) is 29.6 Å².